The Balaban J connectivity index is 2.89. The maximum atomic E-state index is 11.9. The number of benzene rings is 1. The molecule has 1 aromatic rings. The van der Waals surface area contributed by atoms with Crippen LogP contribution >= 0.6 is 0 Å². The summed E-state index contributed by atoms with van der Waals surface area (Å²) in [6, 6.07) is 4.84. The number of carbonyl (C=O) groups excluding carboxylic acids is 1. The number of carbonyl (C=O) groups is 1. The number of nitrogens with two attached hydrogens (primary N) is 1. The Labute approximate surface area is 104 Å². The second kappa shape index (κ2) is 6.33. The van der Waals surface area contributed by atoms with E-state index in [-0.39, 0.29) is 12.4 Å². The summed E-state index contributed by atoms with van der Waals surface area (Å²) in [4.78, 5) is 11.9. The Hall–Kier alpha value is -2.44. The van der Waals surface area contributed by atoms with Gasteiger partial charge in [0.25, 0.3) is 5.91 Å². The molecule has 1 aromatic carbocycles. The molecule has 0 spiro atoms. The molecule has 1 rings (SSSR count). The van der Waals surface area contributed by atoms with E-state index in [1.807, 2.05) is 0 Å². The number of amides is 1. The lowest BCUT2D eigenvalue weighted by atomic mass is 10.1. The van der Waals surface area contributed by atoms with Crippen molar-refractivity contribution < 1.29 is 19.5 Å². The molecule has 1 amide bonds. The molecule has 0 saturated heterocycles. The number of hydrogen-bond acceptors (Lipinski definition) is 5. The smallest absolute Gasteiger partial charge is 0.255 e. The molecule has 0 aliphatic rings. The van der Waals surface area contributed by atoms with Gasteiger partial charge in [0.1, 0.15) is 11.5 Å². The number of oxime groups is 1. The topological polar surface area (TPSA) is 106 Å². The first-order chi connectivity index (χ1) is 8.62. The highest BCUT2D eigenvalue weighted by Gasteiger charge is 2.13. The van der Waals surface area contributed by atoms with Gasteiger partial charge in [-0.3, -0.25) is 4.79 Å². The van der Waals surface area contributed by atoms with Crippen molar-refractivity contribution in [2.24, 2.45) is 10.9 Å². The second-order valence-corrected chi connectivity index (χ2v) is 3.34. The van der Waals surface area contributed by atoms with Crippen LogP contribution in [0, 0.1) is 0 Å². The molecule has 0 saturated carbocycles. The number of methoxy groups -OCH3 is 2. The summed E-state index contributed by atoms with van der Waals surface area (Å²) < 4.78 is 10.1. The minimum Gasteiger partial charge on any atom is -0.497 e. The van der Waals surface area contributed by atoms with Crippen LogP contribution in [0.4, 0.5) is 0 Å². The molecule has 0 heterocycles. The van der Waals surface area contributed by atoms with Crippen LogP contribution in [0.1, 0.15) is 10.4 Å². The molecule has 0 aliphatic carbocycles. The molecular weight excluding hydrogens is 238 g/mol. The SMILES string of the molecule is COc1ccc(OC)c(C(=O)NCC(N)=NO)c1. The number of nitrogens with zero attached hydrogens (tertiary/aromatic N) is 1. The maximum Gasteiger partial charge on any atom is 0.255 e. The Morgan fingerprint density at radius 3 is 2.72 bits per heavy atom. The molecule has 0 bridgehead atoms. The fourth-order valence-electron chi connectivity index (χ4n) is 1.29. The summed E-state index contributed by atoms with van der Waals surface area (Å²) in [7, 11) is 2.96. The molecule has 98 valence electrons. The van der Waals surface area contributed by atoms with Gasteiger partial charge in [-0.2, -0.15) is 0 Å². The van der Waals surface area contributed by atoms with Gasteiger partial charge >= 0.3 is 0 Å². The Morgan fingerprint density at radius 2 is 2.17 bits per heavy atom. The van der Waals surface area contributed by atoms with Crippen LogP contribution in [-0.4, -0.2) is 37.7 Å². The zero-order valence-electron chi connectivity index (χ0n) is 10.1. The van der Waals surface area contributed by atoms with E-state index < -0.39 is 5.91 Å². The van der Waals surface area contributed by atoms with E-state index in [0.717, 1.165) is 0 Å². The molecule has 0 fully saturated rings. The summed E-state index contributed by atoms with van der Waals surface area (Å²) in [6.45, 7) is -0.0598. The van der Waals surface area contributed by atoms with Crippen LogP contribution in [0.25, 0.3) is 0 Å². The summed E-state index contributed by atoms with van der Waals surface area (Å²) in [5.74, 6) is 0.445. The van der Waals surface area contributed by atoms with Crippen LogP contribution in [0.2, 0.25) is 0 Å². The predicted octanol–water partition coefficient (Wildman–Crippen LogP) is 0.180. The monoisotopic (exact) mass is 253 g/mol. The lowest BCUT2D eigenvalue weighted by Crippen LogP contribution is -2.33. The number of ether oxygens (including phenoxy) is 2. The first-order valence-electron chi connectivity index (χ1n) is 5.09. The highest BCUT2D eigenvalue weighted by molar-refractivity contribution is 5.99. The lowest BCUT2D eigenvalue weighted by molar-refractivity contribution is 0.0955. The van der Waals surface area contributed by atoms with Crippen molar-refractivity contribution in [3.8, 4) is 11.5 Å². The van der Waals surface area contributed by atoms with Crippen LogP contribution in [-0.2, 0) is 0 Å². The van der Waals surface area contributed by atoms with Gasteiger partial charge in [0, 0.05) is 0 Å². The number of nitrogens with one attached hydrogen (secondary N) is 1. The molecular formula is C11H15N3O4. The van der Waals surface area contributed by atoms with Crippen molar-refractivity contribution in [3.05, 3.63) is 23.8 Å². The third kappa shape index (κ3) is 3.27. The second-order valence-electron chi connectivity index (χ2n) is 3.34. The van der Waals surface area contributed by atoms with Crippen molar-refractivity contribution in [1.82, 2.24) is 5.32 Å². The normalized spacial score (nSPS) is 10.9. The third-order valence-corrected chi connectivity index (χ3v) is 2.21. The van der Waals surface area contributed by atoms with Crippen molar-refractivity contribution in [3.63, 3.8) is 0 Å². The van der Waals surface area contributed by atoms with Crippen molar-refractivity contribution in [2.45, 2.75) is 0 Å². The predicted molar refractivity (Wildman–Crippen MR) is 65.3 cm³/mol. The minimum atomic E-state index is -0.405. The van der Waals surface area contributed by atoms with Crippen LogP contribution in [0.15, 0.2) is 23.4 Å². The molecule has 0 aromatic heterocycles. The average molecular weight is 253 g/mol. The first kappa shape index (κ1) is 13.6. The first-order valence-corrected chi connectivity index (χ1v) is 5.09. The molecule has 7 heteroatoms. The number of rotatable bonds is 5. The molecule has 18 heavy (non-hydrogen) atoms. The summed E-state index contributed by atoms with van der Waals surface area (Å²) in [5.41, 5.74) is 5.56. The van der Waals surface area contributed by atoms with Crippen molar-refractivity contribution in [2.75, 3.05) is 20.8 Å². The molecule has 0 atom stereocenters. The number of hydrogen-bond donors (Lipinski definition) is 3. The molecule has 4 N–H and O–H groups in total. The highest BCUT2D eigenvalue weighted by Crippen LogP contribution is 2.23. The van der Waals surface area contributed by atoms with Gasteiger partial charge in [-0.25, -0.2) is 0 Å². The third-order valence-electron chi connectivity index (χ3n) is 2.21. The quantitative estimate of drug-likeness (QED) is 0.300. The van der Waals surface area contributed by atoms with Gasteiger partial charge in [-0.05, 0) is 18.2 Å². The van der Waals surface area contributed by atoms with E-state index in [1.165, 1.54) is 14.2 Å². The molecule has 0 radical (unpaired) electrons. The summed E-state index contributed by atoms with van der Waals surface area (Å²) in [6.07, 6.45) is 0. The van der Waals surface area contributed by atoms with E-state index in [1.54, 1.807) is 18.2 Å². The average Bonchev–Trinajstić information content (AvgIpc) is 2.43. The van der Waals surface area contributed by atoms with Crippen LogP contribution in [0.3, 0.4) is 0 Å². The number of amidine groups is 1. The van der Waals surface area contributed by atoms with Crippen molar-refractivity contribution >= 4 is 11.7 Å². The van der Waals surface area contributed by atoms with Gasteiger partial charge in [-0.1, -0.05) is 5.16 Å². The van der Waals surface area contributed by atoms with Crippen LogP contribution < -0.4 is 20.5 Å². The highest BCUT2D eigenvalue weighted by atomic mass is 16.5. The van der Waals surface area contributed by atoms with E-state index in [9.17, 15) is 4.79 Å². The Kier molecular flexibility index (Phi) is 4.79. The van der Waals surface area contributed by atoms with Crippen LogP contribution in [0.5, 0.6) is 11.5 Å². The van der Waals surface area contributed by atoms with E-state index in [4.69, 9.17) is 20.4 Å². The zero-order chi connectivity index (χ0) is 13.5. The zero-order valence-corrected chi connectivity index (χ0v) is 10.1. The van der Waals surface area contributed by atoms with Crippen molar-refractivity contribution in [1.29, 1.82) is 0 Å². The Bertz CT molecular complexity index is 460. The fraction of sp³-hybridized carbons (Fsp3) is 0.273. The lowest BCUT2D eigenvalue weighted by Gasteiger charge is -2.10. The molecule has 7 nitrogen and oxygen atoms in total. The van der Waals surface area contributed by atoms with Gasteiger partial charge in [-0.15, -0.1) is 0 Å². The van der Waals surface area contributed by atoms with E-state index in [2.05, 4.69) is 10.5 Å². The largest absolute Gasteiger partial charge is 0.497 e. The van der Waals surface area contributed by atoms with E-state index in [0.29, 0.717) is 17.1 Å². The van der Waals surface area contributed by atoms with Gasteiger partial charge in [0.05, 0.1) is 26.3 Å². The molecule has 0 aliphatic heterocycles. The van der Waals surface area contributed by atoms with Gasteiger partial charge in [0.15, 0.2) is 5.84 Å². The van der Waals surface area contributed by atoms with E-state index >= 15 is 0 Å². The molecule has 0 unspecified atom stereocenters. The standard InChI is InChI=1S/C11H15N3O4/c1-17-7-3-4-9(18-2)8(5-7)11(15)13-6-10(12)14-16/h3-5,16H,6H2,1-2H3,(H2,12,14)(H,13,15). The fourth-order valence-corrected chi connectivity index (χ4v) is 1.29. The van der Waals surface area contributed by atoms with Gasteiger partial charge in [0.2, 0.25) is 0 Å². The Morgan fingerprint density at radius 1 is 1.44 bits per heavy atom. The minimum absolute atomic E-state index is 0.0598. The summed E-state index contributed by atoms with van der Waals surface area (Å²) >= 11 is 0. The maximum absolute atomic E-state index is 11.9. The summed E-state index contributed by atoms with van der Waals surface area (Å²) in [5, 5.41) is 13.6. The van der Waals surface area contributed by atoms with Gasteiger partial charge < -0.3 is 25.7 Å².